The van der Waals surface area contributed by atoms with Gasteiger partial charge >= 0.3 is 6.03 Å². The molecular formula is C20H28N4O3. The number of imide groups is 1. The molecule has 0 N–H and O–H groups in total. The van der Waals surface area contributed by atoms with Crippen molar-refractivity contribution < 1.29 is 14.3 Å². The van der Waals surface area contributed by atoms with Gasteiger partial charge in [0.05, 0.1) is 12.8 Å². The quantitative estimate of drug-likeness (QED) is 0.711. The van der Waals surface area contributed by atoms with Gasteiger partial charge in [-0.2, -0.15) is 0 Å². The number of hydrogen-bond acceptors (Lipinski definition) is 5. The lowest BCUT2D eigenvalue weighted by Gasteiger charge is -2.36. The largest absolute Gasteiger partial charge is 0.495 e. The average molecular weight is 372 g/mol. The van der Waals surface area contributed by atoms with Crippen molar-refractivity contribution in [2.24, 2.45) is 0 Å². The van der Waals surface area contributed by atoms with E-state index >= 15 is 0 Å². The third kappa shape index (κ3) is 3.48. The second-order valence-corrected chi connectivity index (χ2v) is 7.48. The van der Waals surface area contributed by atoms with Crippen LogP contribution in [0.2, 0.25) is 0 Å². The van der Waals surface area contributed by atoms with Crippen LogP contribution in [0.15, 0.2) is 24.3 Å². The molecule has 3 aliphatic rings. The maximum absolute atomic E-state index is 12.4. The molecule has 27 heavy (non-hydrogen) atoms. The van der Waals surface area contributed by atoms with Crippen LogP contribution in [0.4, 0.5) is 10.5 Å². The fourth-order valence-electron chi connectivity index (χ4n) is 4.44. The summed E-state index contributed by atoms with van der Waals surface area (Å²) in [6.07, 6.45) is 2.62. The van der Waals surface area contributed by atoms with Crippen LogP contribution in [0.25, 0.3) is 0 Å². The van der Waals surface area contributed by atoms with Crippen molar-refractivity contribution in [3.05, 3.63) is 24.3 Å². The molecule has 0 saturated carbocycles. The second kappa shape index (κ2) is 7.76. The molecule has 1 atom stereocenters. The van der Waals surface area contributed by atoms with Crippen LogP contribution in [-0.2, 0) is 4.79 Å². The minimum Gasteiger partial charge on any atom is -0.495 e. The monoisotopic (exact) mass is 372 g/mol. The van der Waals surface area contributed by atoms with Gasteiger partial charge in [0.15, 0.2) is 0 Å². The average Bonchev–Trinajstić information content (AvgIpc) is 3.28. The Morgan fingerprint density at radius 3 is 2.56 bits per heavy atom. The zero-order chi connectivity index (χ0) is 18.8. The number of benzene rings is 1. The molecule has 3 aliphatic heterocycles. The first-order chi connectivity index (χ1) is 13.2. The van der Waals surface area contributed by atoms with Crippen LogP contribution >= 0.6 is 0 Å². The molecule has 0 bridgehead atoms. The van der Waals surface area contributed by atoms with Gasteiger partial charge in [0.2, 0.25) is 0 Å². The molecule has 146 valence electrons. The molecule has 3 amide bonds. The molecule has 0 unspecified atom stereocenters. The first kappa shape index (κ1) is 18.1. The Morgan fingerprint density at radius 1 is 1.04 bits per heavy atom. The van der Waals surface area contributed by atoms with E-state index in [1.807, 2.05) is 18.2 Å². The molecule has 1 aromatic carbocycles. The van der Waals surface area contributed by atoms with Gasteiger partial charge in [0.25, 0.3) is 5.91 Å². The second-order valence-electron chi connectivity index (χ2n) is 7.48. The highest BCUT2D eigenvalue weighted by molar-refractivity contribution is 6.04. The van der Waals surface area contributed by atoms with Gasteiger partial charge < -0.3 is 14.5 Å². The number of para-hydroxylation sites is 2. The van der Waals surface area contributed by atoms with Crippen LogP contribution in [0.1, 0.15) is 19.3 Å². The Morgan fingerprint density at radius 2 is 1.81 bits per heavy atom. The van der Waals surface area contributed by atoms with Crippen LogP contribution in [0.3, 0.4) is 0 Å². The summed E-state index contributed by atoms with van der Waals surface area (Å²) in [5.41, 5.74) is 1.15. The third-order valence-electron chi connectivity index (χ3n) is 5.93. The number of nitrogens with zero attached hydrogens (tertiary/aromatic N) is 4. The van der Waals surface area contributed by atoms with Crippen molar-refractivity contribution in [1.29, 1.82) is 0 Å². The molecule has 3 fully saturated rings. The van der Waals surface area contributed by atoms with E-state index in [1.54, 1.807) is 12.0 Å². The van der Waals surface area contributed by atoms with Crippen LogP contribution in [-0.4, -0.2) is 85.6 Å². The van der Waals surface area contributed by atoms with E-state index in [9.17, 15) is 9.59 Å². The highest BCUT2D eigenvalue weighted by atomic mass is 16.5. The molecule has 7 nitrogen and oxygen atoms in total. The minimum atomic E-state index is -0.179. The van der Waals surface area contributed by atoms with Crippen molar-refractivity contribution in [2.45, 2.75) is 25.3 Å². The number of carbonyl (C=O) groups is 2. The number of amides is 3. The summed E-state index contributed by atoms with van der Waals surface area (Å²) >= 11 is 0. The summed E-state index contributed by atoms with van der Waals surface area (Å²) in [5, 5.41) is 0. The Labute approximate surface area is 160 Å². The van der Waals surface area contributed by atoms with Crippen molar-refractivity contribution in [3.8, 4) is 5.75 Å². The van der Waals surface area contributed by atoms with Crippen molar-refractivity contribution in [1.82, 2.24) is 14.7 Å². The number of urea groups is 1. The van der Waals surface area contributed by atoms with Crippen molar-refractivity contribution >= 4 is 17.6 Å². The molecule has 1 aromatic rings. The lowest BCUT2D eigenvalue weighted by Crippen LogP contribution is -2.47. The van der Waals surface area contributed by atoms with Gasteiger partial charge in [-0.05, 0) is 37.9 Å². The molecule has 0 aliphatic carbocycles. The van der Waals surface area contributed by atoms with Gasteiger partial charge in [-0.25, -0.2) is 4.79 Å². The zero-order valence-electron chi connectivity index (χ0n) is 16.0. The number of hydrogen-bond donors (Lipinski definition) is 0. The number of methoxy groups -OCH3 is 1. The molecule has 4 rings (SSSR count). The first-order valence-electron chi connectivity index (χ1n) is 9.91. The number of anilines is 1. The van der Waals surface area contributed by atoms with E-state index in [-0.39, 0.29) is 18.0 Å². The Balaban J connectivity index is 1.23. The minimum absolute atomic E-state index is 0.0125. The molecule has 3 heterocycles. The van der Waals surface area contributed by atoms with E-state index < -0.39 is 0 Å². The van der Waals surface area contributed by atoms with Gasteiger partial charge in [-0.15, -0.1) is 0 Å². The van der Waals surface area contributed by atoms with E-state index in [0.29, 0.717) is 6.54 Å². The molecule has 0 aromatic heterocycles. The van der Waals surface area contributed by atoms with Gasteiger partial charge in [0.1, 0.15) is 11.8 Å². The van der Waals surface area contributed by atoms with Gasteiger partial charge in [-0.1, -0.05) is 12.1 Å². The summed E-state index contributed by atoms with van der Waals surface area (Å²) in [6, 6.07) is 7.87. The van der Waals surface area contributed by atoms with Gasteiger partial charge in [0, 0.05) is 39.3 Å². The summed E-state index contributed by atoms with van der Waals surface area (Å²) in [4.78, 5) is 32.7. The van der Waals surface area contributed by atoms with E-state index in [0.717, 1.165) is 70.0 Å². The van der Waals surface area contributed by atoms with Crippen LogP contribution in [0.5, 0.6) is 5.75 Å². The molecular weight excluding hydrogens is 344 g/mol. The fraction of sp³-hybridized carbons (Fsp3) is 0.600. The number of piperazine rings is 1. The van der Waals surface area contributed by atoms with Crippen molar-refractivity contribution in [3.63, 3.8) is 0 Å². The topological polar surface area (TPSA) is 56.3 Å². The smallest absolute Gasteiger partial charge is 0.327 e. The zero-order valence-corrected chi connectivity index (χ0v) is 16.0. The summed E-state index contributed by atoms with van der Waals surface area (Å²) in [6.45, 7) is 6.06. The number of fused-ring (bicyclic) bond motifs is 1. The highest BCUT2D eigenvalue weighted by Gasteiger charge is 2.46. The predicted octanol–water partition coefficient (Wildman–Crippen LogP) is 1.63. The summed E-state index contributed by atoms with van der Waals surface area (Å²) in [5.74, 6) is 0.927. The summed E-state index contributed by atoms with van der Waals surface area (Å²) < 4.78 is 5.47. The van der Waals surface area contributed by atoms with Crippen molar-refractivity contribution in [2.75, 3.05) is 57.8 Å². The molecule has 0 spiro atoms. The number of ether oxygens (including phenoxy) is 1. The van der Waals surface area contributed by atoms with E-state index in [4.69, 9.17) is 4.74 Å². The lowest BCUT2D eigenvalue weighted by molar-refractivity contribution is -0.128. The Kier molecular flexibility index (Phi) is 5.20. The molecule has 0 radical (unpaired) electrons. The maximum atomic E-state index is 12.4. The third-order valence-corrected chi connectivity index (χ3v) is 5.93. The maximum Gasteiger partial charge on any atom is 0.327 e. The van der Waals surface area contributed by atoms with Crippen LogP contribution in [0, 0.1) is 0 Å². The SMILES string of the molecule is COc1ccccc1N1CCN(CCCN2C(=O)[C@H]3CCCN3C2=O)CC1. The normalized spacial score (nSPS) is 23.3. The van der Waals surface area contributed by atoms with E-state index in [2.05, 4.69) is 15.9 Å². The lowest BCUT2D eigenvalue weighted by atomic mass is 10.2. The standard InChI is InChI=1S/C20H28N4O3/c1-27-18-8-3-2-6-16(18)22-14-12-21(13-15-22)9-5-11-24-19(25)17-7-4-10-23(17)20(24)26/h2-3,6,8,17H,4-5,7,9-15H2,1H3/t17-/m1/s1. The van der Waals surface area contributed by atoms with Gasteiger partial charge in [-0.3, -0.25) is 14.6 Å². The molecule has 3 saturated heterocycles. The number of carbonyl (C=O) groups excluding carboxylic acids is 2. The predicted molar refractivity (Wildman–Crippen MR) is 103 cm³/mol. The summed E-state index contributed by atoms with van der Waals surface area (Å²) in [7, 11) is 1.71. The highest BCUT2D eigenvalue weighted by Crippen LogP contribution is 2.29. The Hall–Kier alpha value is -2.28. The Bertz CT molecular complexity index is 680. The number of rotatable bonds is 6. The first-order valence-corrected chi connectivity index (χ1v) is 9.91. The fourth-order valence-corrected chi connectivity index (χ4v) is 4.44. The molecule has 7 heteroatoms. The van der Waals surface area contributed by atoms with E-state index in [1.165, 1.54) is 4.90 Å². The van der Waals surface area contributed by atoms with Crippen LogP contribution < -0.4 is 9.64 Å².